The first-order chi connectivity index (χ1) is 8.29. The molecule has 1 fully saturated rings. The molecule has 4 heteroatoms. The van der Waals surface area contributed by atoms with Crippen molar-refractivity contribution in [2.75, 3.05) is 13.1 Å². The Morgan fingerprint density at radius 3 is 2.88 bits per heavy atom. The van der Waals surface area contributed by atoms with Gasteiger partial charge in [-0.25, -0.2) is 0 Å². The van der Waals surface area contributed by atoms with Crippen LogP contribution in [-0.4, -0.2) is 28.9 Å². The van der Waals surface area contributed by atoms with Crippen molar-refractivity contribution in [1.82, 2.24) is 9.88 Å². The van der Waals surface area contributed by atoms with Gasteiger partial charge in [-0.1, -0.05) is 0 Å². The average Bonchev–Trinajstić information content (AvgIpc) is 2.38. The first-order valence-electron chi connectivity index (χ1n) is 5.86. The van der Waals surface area contributed by atoms with Crippen LogP contribution in [0.5, 0.6) is 0 Å². The van der Waals surface area contributed by atoms with E-state index < -0.39 is 0 Å². The van der Waals surface area contributed by atoms with Gasteiger partial charge >= 0.3 is 0 Å². The van der Waals surface area contributed by atoms with Crippen LogP contribution in [0.1, 0.15) is 18.4 Å². The lowest BCUT2D eigenvalue weighted by atomic mass is 9.97. The SMILES string of the molecule is N#CC1CCN(CCc2ccncc2)C(=O)C1. The Labute approximate surface area is 101 Å². The zero-order chi connectivity index (χ0) is 12.1. The van der Waals surface area contributed by atoms with Crippen LogP contribution >= 0.6 is 0 Å². The average molecular weight is 229 g/mol. The Bertz CT molecular complexity index is 424. The molecule has 1 aliphatic rings. The third-order valence-electron chi connectivity index (χ3n) is 3.12. The highest BCUT2D eigenvalue weighted by Gasteiger charge is 2.24. The Balaban J connectivity index is 1.85. The van der Waals surface area contributed by atoms with Crippen LogP contribution in [0.2, 0.25) is 0 Å². The number of pyridine rings is 1. The monoisotopic (exact) mass is 229 g/mol. The lowest BCUT2D eigenvalue weighted by Crippen LogP contribution is -2.39. The van der Waals surface area contributed by atoms with E-state index in [0.29, 0.717) is 13.0 Å². The number of piperidine rings is 1. The van der Waals surface area contributed by atoms with E-state index in [-0.39, 0.29) is 11.8 Å². The molecule has 0 saturated carbocycles. The summed E-state index contributed by atoms with van der Waals surface area (Å²) in [5.41, 5.74) is 1.19. The second-order valence-electron chi connectivity index (χ2n) is 4.31. The second-order valence-corrected chi connectivity index (χ2v) is 4.31. The number of nitriles is 1. The smallest absolute Gasteiger partial charge is 0.223 e. The molecule has 1 atom stereocenters. The summed E-state index contributed by atoms with van der Waals surface area (Å²) in [6, 6.07) is 6.10. The van der Waals surface area contributed by atoms with Crippen molar-refractivity contribution in [3.05, 3.63) is 30.1 Å². The fraction of sp³-hybridized carbons (Fsp3) is 0.462. The summed E-state index contributed by atoms with van der Waals surface area (Å²) in [6.07, 6.45) is 5.56. The topological polar surface area (TPSA) is 57.0 Å². The van der Waals surface area contributed by atoms with Gasteiger partial charge in [-0.15, -0.1) is 0 Å². The highest BCUT2D eigenvalue weighted by molar-refractivity contribution is 5.77. The molecule has 1 aromatic rings. The lowest BCUT2D eigenvalue weighted by molar-refractivity contribution is -0.134. The number of amides is 1. The second kappa shape index (κ2) is 5.44. The van der Waals surface area contributed by atoms with Gasteiger partial charge in [-0.3, -0.25) is 9.78 Å². The van der Waals surface area contributed by atoms with Crippen LogP contribution in [-0.2, 0) is 11.2 Å². The standard InChI is InChI=1S/C13H15N3O/c14-10-12-4-8-16(13(17)9-12)7-3-11-1-5-15-6-2-11/h1-2,5-6,12H,3-4,7-9H2. The maximum atomic E-state index is 11.7. The first kappa shape index (κ1) is 11.6. The van der Waals surface area contributed by atoms with Crippen molar-refractivity contribution >= 4 is 5.91 Å². The molecule has 0 aromatic carbocycles. The summed E-state index contributed by atoms with van der Waals surface area (Å²) in [4.78, 5) is 17.6. The van der Waals surface area contributed by atoms with Gasteiger partial charge in [-0.05, 0) is 30.5 Å². The number of likely N-dealkylation sites (tertiary alicyclic amines) is 1. The van der Waals surface area contributed by atoms with E-state index in [0.717, 1.165) is 19.4 Å². The van der Waals surface area contributed by atoms with Crippen molar-refractivity contribution in [2.45, 2.75) is 19.3 Å². The zero-order valence-electron chi connectivity index (χ0n) is 9.67. The van der Waals surface area contributed by atoms with Gasteiger partial charge in [0.25, 0.3) is 0 Å². The largest absolute Gasteiger partial charge is 0.342 e. The minimum atomic E-state index is -0.0836. The highest BCUT2D eigenvalue weighted by atomic mass is 16.2. The molecule has 17 heavy (non-hydrogen) atoms. The fourth-order valence-electron chi connectivity index (χ4n) is 2.04. The van der Waals surface area contributed by atoms with Crippen molar-refractivity contribution in [1.29, 1.82) is 5.26 Å². The minimum Gasteiger partial charge on any atom is -0.342 e. The van der Waals surface area contributed by atoms with Gasteiger partial charge in [0.05, 0.1) is 12.0 Å². The number of carbonyl (C=O) groups excluding carboxylic acids is 1. The van der Waals surface area contributed by atoms with Crippen molar-refractivity contribution in [3.8, 4) is 6.07 Å². The summed E-state index contributed by atoms with van der Waals surface area (Å²) in [7, 11) is 0. The molecule has 1 aliphatic heterocycles. The van der Waals surface area contributed by atoms with Gasteiger partial charge in [0, 0.05) is 31.9 Å². The molecule has 2 heterocycles. The maximum Gasteiger partial charge on any atom is 0.223 e. The van der Waals surface area contributed by atoms with Gasteiger partial charge in [0.1, 0.15) is 0 Å². The van der Waals surface area contributed by atoms with E-state index in [1.165, 1.54) is 5.56 Å². The van der Waals surface area contributed by atoms with E-state index in [1.807, 2.05) is 17.0 Å². The lowest BCUT2D eigenvalue weighted by Gasteiger charge is -2.29. The van der Waals surface area contributed by atoms with Crippen LogP contribution in [0.25, 0.3) is 0 Å². The van der Waals surface area contributed by atoms with Crippen LogP contribution in [0.3, 0.4) is 0 Å². The Hall–Kier alpha value is -1.89. The summed E-state index contributed by atoms with van der Waals surface area (Å²) < 4.78 is 0. The molecule has 0 aliphatic carbocycles. The normalized spacial score (nSPS) is 20.1. The number of carbonyl (C=O) groups is 1. The van der Waals surface area contributed by atoms with Crippen LogP contribution in [0.15, 0.2) is 24.5 Å². The minimum absolute atomic E-state index is 0.0836. The fourth-order valence-corrected chi connectivity index (χ4v) is 2.04. The molecule has 2 rings (SSSR count). The van der Waals surface area contributed by atoms with Crippen molar-refractivity contribution in [3.63, 3.8) is 0 Å². The molecule has 1 unspecified atom stereocenters. The molecule has 0 radical (unpaired) electrons. The van der Waals surface area contributed by atoms with E-state index in [4.69, 9.17) is 5.26 Å². The molecule has 0 N–H and O–H groups in total. The van der Waals surface area contributed by atoms with Gasteiger partial charge in [-0.2, -0.15) is 5.26 Å². The predicted octanol–water partition coefficient (Wildman–Crippen LogP) is 1.39. The third kappa shape index (κ3) is 3.04. The number of hydrogen-bond donors (Lipinski definition) is 0. The first-order valence-corrected chi connectivity index (χ1v) is 5.86. The molecular formula is C13H15N3O. The third-order valence-corrected chi connectivity index (χ3v) is 3.12. The van der Waals surface area contributed by atoms with Crippen LogP contribution in [0, 0.1) is 17.2 Å². The van der Waals surface area contributed by atoms with E-state index >= 15 is 0 Å². The number of aromatic nitrogens is 1. The van der Waals surface area contributed by atoms with E-state index in [1.54, 1.807) is 12.4 Å². The van der Waals surface area contributed by atoms with Gasteiger partial charge in [0.2, 0.25) is 5.91 Å². The molecule has 0 bridgehead atoms. The molecule has 0 spiro atoms. The van der Waals surface area contributed by atoms with E-state index in [2.05, 4.69) is 11.1 Å². The Kier molecular flexibility index (Phi) is 3.71. The summed E-state index contributed by atoms with van der Waals surface area (Å²) >= 11 is 0. The molecule has 1 amide bonds. The number of hydrogen-bond acceptors (Lipinski definition) is 3. The Morgan fingerprint density at radius 2 is 2.24 bits per heavy atom. The number of rotatable bonds is 3. The molecule has 1 saturated heterocycles. The highest BCUT2D eigenvalue weighted by Crippen LogP contribution is 2.17. The molecule has 4 nitrogen and oxygen atoms in total. The summed E-state index contributed by atoms with van der Waals surface area (Å²) in [5.74, 6) is 0.0246. The molecule has 88 valence electrons. The molecule has 1 aromatic heterocycles. The molecular weight excluding hydrogens is 214 g/mol. The maximum absolute atomic E-state index is 11.7. The zero-order valence-corrected chi connectivity index (χ0v) is 9.67. The Morgan fingerprint density at radius 1 is 1.47 bits per heavy atom. The van der Waals surface area contributed by atoms with Crippen LogP contribution in [0.4, 0.5) is 0 Å². The summed E-state index contributed by atoms with van der Waals surface area (Å²) in [5, 5.41) is 8.78. The van der Waals surface area contributed by atoms with Crippen LogP contribution < -0.4 is 0 Å². The predicted molar refractivity (Wildman–Crippen MR) is 62.9 cm³/mol. The number of nitrogens with zero attached hydrogens (tertiary/aromatic N) is 3. The van der Waals surface area contributed by atoms with Gasteiger partial charge in [0.15, 0.2) is 0 Å². The quantitative estimate of drug-likeness (QED) is 0.787. The van der Waals surface area contributed by atoms with E-state index in [9.17, 15) is 4.79 Å². The van der Waals surface area contributed by atoms with Crippen molar-refractivity contribution in [2.24, 2.45) is 5.92 Å². The van der Waals surface area contributed by atoms with Gasteiger partial charge < -0.3 is 4.90 Å². The summed E-state index contributed by atoms with van der Waals surface area (Å²) in [6.45, 7) is 1.45. The van der Waals surface area contributed by atoms with Crippen molar-refractivity contribution < 1.29 is 4.79 Å².